The van der Waals surface area contributed by atoms with Crippen LogP contribution in [0.1, 0.15) is 37.5 Å². The number of carbonyl (C=O) groups is 2. The Morgan fingerprint density at radius 1 is 1.06 bits per heavy atom. The normalized spacial score (nSPS) is 11.7. The second-order valence-electron chi connectivity index (χ2n) is 7.59. The van der Waals surface area contributed by atoms with Crippen LogP contribution in [-0.2, 0) is 20.7 Å². The quantitative estimate of drug-likeness (QED) is 0.448. The summed E-state index contributed by atoms with van der Waals surface area (Å²) in [6, 6.07) is 7.24. The van der Waals surface area contributed by atoms with Gasteiger partial charge in [-0.05, 0) is 44.5 Å². The summed E-state index contributed by atoms with van der Waals surface area (Å²) in [6.45, 7) is 5.06. The van der Waals surface area contributed by atoms with Crippen LogP contribution in [0.15, 0.2) is 36.4 Å². The zero-order chi connectivity index (χ0) is 23.2. The minimum atomic E-state index is -1.57. The molecule has 0 spiro atoms. The lowest BCUT2D eigenvalue weighted by molar-refractivity contribution is -0.143. The lowest BCUT2D eigenvalue weighted by atomic mass is 10.00. The summed E-state index contributed by atoms with van der Waals surface area (Å²) in [7, 11) is 1.19. The molecule has 0 aliphatic carbocycles. The molecule has 0 saturated carbocycles. The fourth-order valence-electron chi connectivity index (χ4n) is 2.59. The lowest BCUT2D eigenvalue weighted by Gasteiger charge is -2.22. The van der Waals surface area contributed by atoms with Crippen LogP contribution >= 0.6 is 0 Å². The molecule has 0 aromatic heterocycles. The minimum Gasteiger partial charge on any atom is -0.467 e. The number of nitrogens with one attached hydrogen (secondary N) is 1. The summed E-state index contributed by atoms with van der Waals surface area (Å²) in [4.78, 5) is 24.3. The molecule has 5 nitrogen and oxygen atoms in total. The fraction of sp³-hybridized carbons (Fsp3) is 0.304. The molecule has 2 rings (SSSR count). The molecule has 1 amide bonds. The number of esters is 1. The smallest absolute Gasteiger partial charge is 0.408 e. The van der Waals surface area contributed by atoms with E-state index >= 15 is 0 Å². The van der Waals surface area contributed by atoms with Crippen molar-refractivity contribution in [2.45, 2.75) is 38.8 Å². The predicted octanol–water partition coefficient (Wildman–Crippen LogP) is 4.11. The zero-order valence-corrected chi connectivity index (χ0v) is 17.5. The van der Waals surface area contributed by atoms with Crippen LogP contribution in [-0.4, -0.2) is 30.8 Å². The average molecular weight is 433 g/mol. The third-order valence-corrected chi connectivity index (χ3v) is 3.94. The highest BCUT2D eigenvalue weighted by Crippen LogP contribution is 2.15. The van der Waals surface area contributed by atoms with Crippen molar-refractivity contribution in [1.82, 2.24) is 5.32 Å². The van der Waals surface area contributed by atoms with E-state index in [0.717, 1.165) is 12.1 Å². The van der Waals surface area contributed by atoms with Crippen molar-refractivity contribution in [2.75, 3.05) is 7.11 Å². The Morgan fingerprint density at radius 3 is 2.26 bits per heavy atom. The van der Waals surface area contributed by atoms with Crippen LogP contribution in [0.2, 0.25) is 0 Å². The van der Waals surface area contributed by atoms with Gasteiger partial charge in [0.15, 0.2) is 17.5 Å². The maximum Gasteiger partial charge on any atom is 0.408 e. The summed E-state index contributed by atoms with van der Waals surface area (Å²) in [6.07, 6.45) is -0.758. The van der Waals surface area contributed by atoms with E-state index in [-0.39, 0.29) is 12.0 Å². The molecule has 8 heteroatoms. The van der Waals surface area contributed by atoms with E-state index in [0.29, 0.717) is 11.1 Å². The number of hydrogen-bond acceptors (Lipinski definition) is 4. The van der Waals surface area contributed by atoms with E-state index in [2.05, 4.69) is 17.2 Å². The largest absolute Gasteiger partial charge is 0.467 e. The van der Waals surface area contributed by atoms with Gasteiger partial charge in [0.2, 0.25) is 0 Å². The first-order chi connectivity index (χ1) is 14.5. The molecule has 0 radical (unpaired) electrons. The van der Waals surface area contributed by atoms with Crippen LogP contribution < -0.4 is 5.32 Å². The Kier molecular flexibility index (Phi) is 7.70. The maximum atomic E-state index is 13.4. The second-order valence-corrected chi connectivity index (χ2v) is 7.59. The van der Waals surface area contributed by atoms with E-state index in [9.17, 15) is 22.8 Å². The standard InChI is InChI=1S/C23H22F3NO4/c1-23(2,3)31-22(29)27-19(21(28)30-4)13-16-8-6-5-7-15(16)10-9-14-11-17(24)20(26)18(25)12-14/h5-8,11-12,19H,13H2,1-4H3,(H,27,29)/t19-/m0/s1. The van der Waals surface area contributed by atoms with Crippen LogP contribution in [0.5, 0.6) is 0 Å². The van der Waals surface area contributed by atoms with Crippen LogP contribution in [0.3, 0.4) is 0 Å². The lowest BCUT2D eigenvalue weighted by Crippen LogP contribution is -2.45. The molecule has 31 heavy (non-hydrogen) atoms. The highest BCUT2D eigenvalue weighted by atomic mass is 19.2. The molecule has 0 aliphatic rings. The summed E-state index contributed by atoms with van der Waals surface area (Å²) in [5, 5.41) is 2.47. The number of alkyl carbamates (subject to hydrolysis) is 1. The second kappa shape index (κ2) is 10.0. The molecule has 0 unspecified atom stereocenters. The van der Waals surface area contributed by atoms with Gasteiger partial charge in [-0.1, -0.05) is 30.0 Å². The number of methoxy groups -OCH3 is 1. The van der Waals surface area contributed by atoms with Gasteiger partial charge in [-0.2, -0.15) is 0 Å². The fourth-order valence-corrected chi connectivity index (χ4v) is 2.59. The highest BCUT2D eigenvalue weighted by molar-refractivity contribution is 5.81. The number of carbonyl (C=O) groups excluding carboxylic acids is 2. The molecule has 1 atom stereocenters. The van der Waals surface area contributed by atoms with E-state index in [1.54, 1.807) is 45.0 Å². The van der Waals surface area contributed by atoms with Crippen LogP contribution in [0.25, 0.3) is 0 Å². The summed E-state index contributed by atoms with van der Waals surface area (Å²) < 4.78 is 49.8. The van der Waals surface area contributed by atoms with Gasteiger partial charge in [0.05, 0.1) is 7.11 Å². The monoisotopic (exact) mass is 433 g/mol. The first kappa shape index (κ1) is 23.8. The third-order valence-electron chi connectivity index (χ3n) is 3.94. The molecular formula is C23H22F3NO4. The van der Waals surface area contributed by atoms with E-state index in [1.165, 1.54) is 7.11 Å². The molecule has 2 aromatic rings. The summed E-state index contributed by atoms with van der Waals surface area (Å²) >= 11 is 0. The van der Waals surface area contributed by atoms with Crippen molar-refractivity contribution in [3.05, 3.63) is 70.5 Å². The Morgan fingerprint density at radius 2 is 1.68 bits per heavy atom. The van der Waals surface area contributed by atoms with Gasteiger partial charge >= 0.3 is 12.1 Å². The van der Waals surface area contributed by atoms with Crippen molar-refractivity contribution >= 4 is 12.1 Å². The molecular weight excluding hydrogens is 411 g/mol. The van der Waals surface area contributed by atoms with Crippen molar-refractivity contribution < 1.29 is 32.2 Å². The van der Waals surface area contributed by atoms with Gasteiger partial charge in [-0.3, -0.25) is 0 Å². The van der Waals surface area contributed by atoms with Crippen molar-refractivity contribution in [3.63, 3.8) is 0 Å². The molecule has 0 saturated heterocycles. The number of ether oxygens (including phenoxy) is 2. The average Bonchev–Trinajstić information content (AvgIpc) is 2.68. The summed E-state index contributed by atoms with van der Waals surface area (Å²) in [5.41, 5.74) is 0.216. The highest BCUT2D eigenvalue weighted by Gasteiger charge is 2.26. The molecule has 164 valence electrons. The van der Waals surface area contributed by atoms with E-state index in [1.807, 2.05) is 0 Å². The summed E-state index contributed by atoms with van der Waals surface area (Å²) in [5.74, 6) is 0.390. The van der Waals surface area contributed by atoms with Crippen LogP contribution in [0, 0.1) is 29.3 Å². The third kappa shape index (κ3) is 7.07. The number of benzene rings is 2. The SMILES string of the molecule is COC(=O)[C@H](Cc1ccccc1C#Cc1cc(F)c(F)c(F)c1)NC(=O)OC(C)(C)C. The Hall–Kier alpha value is -3.47. The molecule has 0 heterocycles. The number of hydrogen-bond donors (Lipinski definition) is 1. The van der Waals surface area contributed by atoms with E-state index < -0.39 is 41.2 Å². The van der Waals surface area contributed by atoms with Gasteiger partial charge < -0.3 is 14.8 Å². The van der Waals surface area contributed by atoms with Gasteiger partial charge in [-0.15, -0.1) is 0 Å². The minimum absolute atomic E-state index is 0.0307. The Bertz CT molecular complexity index is 1010. The van der Waals surface area contributed by atoms with Crippen molar-refractivity contribution in [1.29, 1.82) is 0 Å². The molecule has 2 aromatic carbocycles. The zero-order valence-electron chi connectivity index (χ0n) is 17.5. The number of rotatable bonds is 4. The van der Waals surface area contributed by atoms with Crippen LogP contribution in [0.4, 0.5) is 18.0 Å². The topological polar surface area (TPSA) is 64.6 Å². The molecule has 0 bridgehead atoms. The maximum absolute atomic E-state index is 13.4. The van der Waals surface area contributed by atoms with Crippen molar-refractivity contribution in [3.8, 4) is 11.8 Å². The van der Waals surface area contributed by atoms with Gasteiger partial charge in [0, 0.05) is 17.5 Å². The molecule has 0 aliphatic heterocycles. The number of halogens is 3. The molecule has 1 N–H and O–H groups in total. The number of amides is 1. The van der Waals surface area contributed by atoms with Crippen molar-refractivity contribution in [2.24, 2.45) is 0 Å². The first-order valence-electron chi connectivity index (χ1n) is 9.32. The van der Waals surface area contributed by atoms with Gasteiger partial charge in [0.25, 0.3) is 0 Å². The predicted molar refractivity (Wildman–Crippen MR) is 108 cm³/mol. The van der Waals surface area contributed by atoms with Gasteiger partial charge in [0.1, 0.15) is 11.6 Å². The molecule has 0 fully saturated rings. The Labute approximate surface area is 178 Å². The van der Waals surface area contributed by atoms with Gasteiger partial charge in [-0.25, -0.2) is 22.8 Å². The first-order valence-corrected chi connectivity index (χ1v) is 9.32. The van der Waals surface area contributed by atoms with E-state index in [4.69, 9.17) is 9.47 Å². The Balaban J connectivity index is 2.29.